The topological polar surface area (TPSA) is 65.8 Å². The van der Waals surface area contributed by atoms with Crippen molar-refractivity contribution in [1.29, 1.82) is 5.26 Å². The Hall–Kier alpha value is -2.32. The number of aryl methyl sites for hydroxylation is 1. The molecule has 0 saturated carbocycles. The number of hydrogen-bond donors (Lipinski definition) is 1. The van der Waals surface area contributed by atoms with E-state index in [9.17, 15) is 10.1 Å². The molecule has 27 heavy (non-hydrogen) atoms. The Morgan fingerprint density at radius 1 is 1.26 bits per heavy atom. The van der Waals surface area contributed by atoms with E-state index in [4.69, 9.17) is 4.98 Å². The number of amides is 1. The van der Waals surface area contributed by atoms with Crippen LogP contribution in [0.15, 0.2) is 35.4 Å². The number of hydrogen-bond acceptors (Lipinski definition) is 4. The molecule has 1 amide bonds. The van der Waals surface area contributed by atoms with E-state index in [1.807, 2.05) is 30.3 Å². The molecule has 2 aromatic rings. The third-order valence-electron chi connectivity index (χ3n) is 4.68. The lowest BCUT2D eigenvalue weighted by Crippen LogP contribution is -2.16. The van der Waals surface area contributed by atoms with Crippen LogP contribution in [0.25, 0.3) is 0 Å². The minimum atomic E-state index is -0.0833. The molecule has 0 fully saturated rings. The van der Waals surface area contributed by atoms with Gasteiger partial charge in [-0.2, -0.15) is 5.26 Å². The van der Waals surface area contributed by atoms with Crippen molar-refractivity contribution in [3.8, 4) is 6.07 Å². The van der Waals surface area contributed by atoms with Crippen molar-refractivity contribution in [3.63, 3.8) is 0 Å². The van der Waals surface area contributed by atoms with Gasteiger partial charge in [0.15, 0.2) is 0 Å². The largest absolute Gasteiger partial charge is 0.325 e. The maximum absolute atomic E-state index is 12.3. The fourth-order valence-corrected chi connectivity index (χ4v) is 4.33. The fourth-order valence-electron chi connectivity index (χ4n) is 3.50. The normalized spacial score (nSPS) is 13.1. The van der Waals surface area contributed by atoms with E-state index < -0.39 is 0 Å². The van der Waals surface area contributed by atoms with Crippen LogP contribution < -0.4 is 5.32 Å². The summed E-state index contributed by atoms with van der Waals surface area (Å²) in [6.45, 7) is 4.36. The first kappa shape index (κ1) is 19.4. The molecule has 0 aliphatic heterocycles. The first-order valence-corrected chi connectivity index (χ1v) is 10.5. The Morgan fingerprint density at radius 3 is 2.70 bits per heavy atom. The smallest absolute Gasteiger partial charge is 0.234 e. The van der Waals surface area contributed by atoms with Crippen molar-refractivity contribution in [2.75, 3.05) is 11.1 Å². The molecule has 5 heteroatoms. The van der Waals surface area contributed by atoms with Crippen molar-refractivity contribution < 1.29 is 4.79 Å². The quantitative estimate of drug-likeness (QED) is 0.735. The van der Waals surface area contributed by atoms with Gasteiger partial charge in [-0.25, -0.2) is 4.98 Å². The summed E-state index contributed by atoms with van der Waals surface area (Å²) < 4.78 is 0. The van der Waals surface area contributed by atoms with E-state index in [0.29, 0.717) is 16.5 Å². The molecule has 0 atom stereocenters. The highest BCUT2D eigenvalue weighted by atomic mass is 32.2. The van der Waals surface area contributed by atoms with Crippen molar-refractivity contribution in [2.24, 2.45) is 5.92 Å². The molecule has 1 aromatic carbocycles. The first-order chi connectivity index (χ1) is 13.1. The zero-order chi connectivity index (χ0) is 19.2. The number of nitriles is 1. The third-order valence-corrected chi connectivity index (χ3v) is 5.65. The van der Waals surface area contributed by atoms with E-state index in [1.165, 1.54) is 17.3 Å². The summed E-state index contributed by atoms with van der Waals surface area (Å²) in [5, 5.41) is 13.4. The molecule has 0 unspecified atom stereocenters. The molecule has 4 nitrogen and oxygen atoms in total. The molecule has 1 aromatic heterocycles. The van der Waals surface area contributed by atoms with E-state index in [-0.39, 0.29) is 11.7 Å². The van der Waals surface area contributed by atoms with Gasteiger partial charge in [-0.05, 0) is 61.3 Å². The highest BCUT2D eigenvalue weighted by molar-refractivity contribution is 8.00. The molecule has 3 rings (SSSR count). The van der Waals surface area contributed by atoms with Gasteiger partial charge < -0.3 is 5.32 Å². The average molecular weight is 380 g/mol. The molecule has 1 N–H and O–H groups in total. The number of carbonyl (C=O) groups is 1. The molecule has 0 bridgehead atoms. The second-order valence-electron chi connectivity index (χ2n) is 7.32. The molecule has 0 saturated heterocycles. The van der Waals surface area contributed by atoms with Crippen LogP contribution in [-0.4, -0.2) is 16.6 Å². The summed E-state index contributed by atoms with van der Waals surface area (Å²) in [5.74, 6) is 0.640. The van der Waals surface area contributed by atoms with Crippen LogP contribution in [0.2, 0.25) is 0 Å². The minimum Gasteiger partial charge on any atom is -0.325 e. The van der Waals surface area contributed by atoms with Crippen molar-refractivity contribution >= 4 is 23.4 Å². The number of nitrogens with one attached hydrogen (secondary N) is 1. The number of rotatable bonds is 6. The minimum absolute atomic E-state index is 0.0833. The van der Waals surface area contributed by atoms with Crippen LogP contribution in [-0.2, 0) is 24.1 Å². The SMILES string of the molecule is CC(C)Cc1c(C#N)c(SCC(=O)Nc2ccccc2)nc2c1CCCC2. The Morgan fingerprint density at radius 2 is 2.00 bits per heavy atom. The van der Waals surface area contributed by atoms with Crippen LogP contribution in [0.3, 0.4) is 0 Å². The van der Waals surface area contributed by atoms with Crippen LogP contribution in [0.5, 0.6) is 0 Å². The average Bonchev–Trinajstić information content (AvgIpc) is 2.66. The van der Waals surface area contributed by atoms with Crippen molar-refractivity contribution in [2.45, 2.75) is 51.0 Å². The zero-order valence-corrected chi connectivity index (χ0v) is 16.7. The molecule has 1 aliphatic rings. The molecule has 0 radical (unpaired) electrons. The molecule has 1 aliphatic carbocycles. The maximum atomic E-state index is 12.3. The van der Waals surface area contributed by atoms with Crippen LogP contribution >= 0.6 is 11.8 Å². The van der Waals surface area contributed by atoms with Crippen LogP contribution in [0.1, 0.15) is 49.1 Å². The predicted molar refractivity (Wildman–Crippen MR) is 110 cm³/mol. The lowest BCUT2D eigenvalue weighted by atomic mass is 9.87. The van der Waals surface area contributed by atoms with Gasteiger partial charge in [0.1, 0.15) is 11.1 Å². The lowest BCUT2D eigenvalue weighted by Gasteiger charge is -2.22. The first-order valence-electron chi connectivity index (χ1n) is 9.51. The third kappa shape index (κ3) is 4.90. The monoisotopic (exact) mass is 379 g/mol. The number of aromatic nitrogens is 1. The van der Waals surface area contributed by atoms with E-state index >= 15 is 0 Å². The number of anilines is 1. The van der Waals surface area contributed by atoms with Gasteiger partial charge in [-0.3, -0.25) is 4.79 Å². The molecule has 0 spiro atoms. The second-order valence-corrected chi connectivity index (χ2v) is 8.28. The molecular formula is C22H25N3OS. The van der Waals surface area contributed by atoms with E-state index in [2.05, 4.69) is 25.2 Å². The summed E-state index contributed by atoms with van der Waals surface area (Å²) in [6, 6.07) is 11.8. The van der Waals surface area contributed by atoms with Gasteiger partial charge in [-0.1, -0.05) is 43.8 Å². The maximum Gasteiger partial charge on any atom is 0.234 e. The number of nitrogens with zero attached hydrogens (tertiary/aromatic N) is 2. The number of fused-ring (bicyclic) bond motifs is 1. The Labute approximate surface area is 165 Å². The number of para-hydroxylation sites is 1. The van der Waals surface area contributed by atoms with Gasteiger partial charge >= 0.3 is 0 Å². The summed E-state index contributed by atoms with van der Waals surface area (Å²) in [6.07, 6.45) is 5.17. The zero-order valence-electron chi connectivity index (χ0n) is 15.9. The summed E-state index contributed by atoms with van der Waals surface area (Å²) in [5.41, 5.74) is 5.01. The Kier molecular flexibility index (Phi) is 6.52. The number of carbonyl (C=O) groups excluding carboxylic acids is 1. The molecule has 1 heterocycles. The molecular weight excluding hydrogens is 354 g/mol. The predicted octanol–water partition coefficient (Wildman–Crippen LogP) is 4.76. The van der Waals surface area contributed by atoms with Crippen molar-refractivity contribution in [3.05, 3.63) is 52.7 Å². The van der Waals surface area contributed by atoms with Crippen LogP contribution in [0, 0.1) is 17.2 Å². The Bertz CT molecular complexity index is 856. The highest BCUT2D eigenvalue weighted by Crippen LogP contribution is 2.33. The molecule has 140 valence electrons. The van der Waals surface area contributed by atoms with Gasteiger partial charge in [0.2, 0.25) is 5.91 Å². The standard InChI is InChI=1S/C22H25N3OS/c1-15(2)12-18-17-10-6-7-11-20(17)25-22(19(18)13-23)27-14-21(26)24-16-8-4-3-5-9-16/h3-5,8-9,15H,6-7,10-12,14H2,1-2H3,(H,24,26). The second kappa shape index (κ2) is 9.05. The number of pyridine rings is 1. The highest BCUT2D eigenvalue weighted by Gasteiger charge is 2.23. The number of thioether (sulfide) groups is 1. The van der Waals surface area contributed by atoms with Crippen LogP contribution in [0.4, 0.5) is 5.69 Å². The van der Waals surface area contributed by atoms with Gasteiger partial charge in [0.05, 0.1) is 11.3 Å². The van der Waals surface area contributed by atoms with Gasteiger partial charge in [0, 0.05) is 11.4 Å². The Balaban J connectivity index is 1.82. The van der Waals surface area contributed by atoms with Gasteiger partial charge in [-0.15, -0.1) is 0 Å². The summed E-state index contributed by atoms with van der Waals surface area (Å²) in [7, 11) is 0. The van der Waals surface area contributed by atoms with E-state index in [0.717, 1.165) is 49.0 Å². The van der Waals surface area contributed by atoms with Crippen molar-refractivity contribution in [1.82, 2.24) is 4.98 Å². The lowest BCUT2D eigenvalue weighted by molar-refractivity contribution is -0.113. The summed E-state index contributed by atoms with van der Waals surface area (Å²) >= 11 is 1.37. The van der Waals surface area contributed by atoms with Gasteiger partial charge in [0.25, 0.3) is 0 Å². The number of benzene rings is 1. The summed E-state index contributed by atoms with van der Waals surface area (Å²) in [4.78, 5) is 17.1. The fraction of sp³-hybridized carbons (Fsp3) is 0.409. The van der Waals surface area contributed by atoms with E-state index in [1.54, 1.807) is 0 Å².